The summed E-state index contributed by atoms with van der Waals surface area (Å²) >= 11 is 0. The number of fused-ring (bicyclic) bond motifs is 2. The number of rotatable bonds is 5. The Morgan fingerprint density at radius 3 is 2.55 bits per heavy atom. The summed E-state index contributed by atoms with van der Waals surface area (Å²) in [6, 6.07) is 22.3. The van der Waals surface area contributed by atoms with E-state index in [1.807, 2.05) is 87.5 Å². The summed E-state index contributed by atoms with van der Waals surface area (Å²) in [5.41, 5.74) is 11.2. The van der Waals surface area contributed by atoms with Crippen molar-refractivity contribution in [2.75, 3.05) is 5.73 Å². The molecule has 6 aromatic rings. The quantitative estimate of drug-likeness (QED) is 0.331. The molecule has 9 heteroatoms. The third-order valence-corrected chi connectivity index (χ3v) is 6.97. The van der Waals surface area contributed by atoms with Crippen molar-refractivity contribution >= 4 is 28.1 Å². The lowest BCUT2D eigenvalue weighted by Crippen LogP contribution is -2.32. The Morgan fingerprint density at radius 2 is 1.77 bits per heavy atom. The summed E-state index contributed by atoms with van der Waals surface area (Å²) in [5.74, 6) is -0.342. The zero-order chi connectivity index (χ0) is 28.0. The fourth-order valence-corrected chi connectivity index (χ4v) is 5.09. The van der Waals surface area contributed by atoms with Crippen molar-refractivity contribution in [1.29, 1.82) is 0 Å². The van der Waals surface area contributed by atoms with Crippen molar-refractivity contribution < 1.29 is 4.79 Å². The minimum atomic E-state index is -0.559. The zero-order valence-corrected chi connectivity index (χ0v) is 22.3. The van der Waals surface area contributed by atoms with Gasteiger partial charge in [-0.15, -0.1) is 5.10 Å². The fraction of sp³-hybridized carbons (Fsp3) is 0.129. The highest BCUT2D eigenvalue weighted by molar-refractivity contribution is 6.04. The van der Waals surface area contributed by atoms with Crippen LogP contribution in [0.15, 0.2) is 90.0 Å². The number of nitrogen functional groups attached to an aromatic ring is 1. The predicted molar refractivity (Wildman–Crippen MR) is 156 cm³/mol. The van der Waals surface area contributed by atoms with Gasteiger partial charge in [-0.1, -0.05) is 36.4 Å². The molecule has 1 atom stereocenters. The van der Waals surface area contributed by atoms with E-state index in [0.29, 0.717) is 22.4 Å². The second-order valence-corrected chi connectivity index (χ2v) is 9.79. The topological polar surface area (TPSA) is 120 Å². The number of carbonyl (C=O) groups excluding carboxylic acids is 1. The highest BCUT2D eigenvalue weighted by Crippen LogP contribution is 2.30. The molecule has 0 aliphatic rings. The van der Waals surface area contributed by atoms with E-state index in [9.17, 15) is 9.59 Å². The highest BCUT2D eigenvalue weighted by Gasteiger charge is 2.24. The van der Waals surface area contributed by atoms with Gasteiger partial charge in [0, 0.05) is 35.2 Å². The smallest absolute Gasteiger partial charge is 0.263 e. The Labute approximate surface area is 229 Å². The van der Waals surface area contributed by atoms with Gasteiger partial charge in [0.25, 0.3) is 11.5 Å². The van der Waals surface area contributed by atoms with Gasteiger partial charge < -0.3 is 11.1 Å². The normalized spacial score (nSPS) is 12.1. The number of carbonyl (C=O) groups is 1. The first kappa shape index (κ1) is 25.0. The molecule has 0 aliphatic heterocycles. The number of para-hydroxylation sites is 1. The third-order valence-electron chi connectivity index (χ3n) is 6.97. The van der Waals surface area contributed by atoms with Gasteiger partial charge in [-0.3, -0.25) is 19.1 Å². The lowest BCUT2D eigenvalue weighted by atomic mass is 9.98. The zero-order valence-electron chi connectivity index (χ0n) is 22.3. The Balaban J connectivity index is 1.51. The van der Waals surface area contributed by atoms with Gasteiger partial charge in [-0.2, -0.15) is 0 Å². The van der Waals surface area contributed by atoms with Gasteiger partial charge in [0.1, 0.15) is 5.56 Å². The minimum absolute atomic E-state index is 0.0825. The van der Waals surface area contributed by atoms with Crippen molar-refractivity contribution in [1.82, 2.24) is 29.5 Å². The Morgan fingerprint density at radius 1 is 0.975 bits per heavy atom. The molecule has 0 spiro atoms. The maximum atomic E-state index is 14.3. The van der Waals surface area contributed by atoms with Gasteiger partial charge in [0.05, 0.1) is 11.4 Å². The monoisotopic (exact) mass is 529 g/mol. The SMILES string of the molecule is Cc1cc(-c2cccc3cc([C@H](C)NC(=O)c4c(N)nn5ccc(C)nc45)n(-c4ccccc4)c(=O)c23)ccn1. The number of nitrogens with two attached hydrogens (primary N) is 1. The van der Waals surface area contributed by atoms with Crippen LogP contribution in [0.5, 0.6) is 0 Å². The summed E-state index contributed by atoms with van der Waals surface area (Å²) in [6.07, 6.45) is 3.46. The Kier molecular flexibility index (Phi) is 6.11. The molecule has 0 fully saturated rings. The van der Waals surface area contributed by atoms with Gasteiger partial charge in [-0.25, -0.2) is 9.50 Å². The third kappa shape index (κ3) is 4.27. The number of aromatic nitrogens is 5. The molecule has 0 radical (unpaired) electrons. The van der Waals surface area contributed by atoms with Crippen LogP contribution in [0.4, 0.5) is 5.82 Å². The van der Waals surface area contributed by atoms with Crippen LogP contribution in [0.2, 0.25) is 0 Å². The molecule has 198 valence electrons. The second-order valence-electron chi connectivity index (χ2n) is 9.79. The number of pyridine rings is 2. The number of hydrogen-bond acceptors (Lipinski definition) is 6. The van der Waals surface area contributed by atoms with Gasteiger partial charge in [-0.05, 0) is 73.7 Å². The van der Waals surface area contributed by atoms with Crippen LogP contribution in [-0.4, -0.2) is 30.1 Å². The van der Waals surface area contributed by atoms with E-state index >= 15 is 0 Å². The first-order chi connectivity index (χ1) is 19.3. The van der Waals surface area contributed by atoms with Crippen LogP contribution in [0.1, 0.15) is 40.4 Å². The molecule has 4 heterocycles. The fourth-order valence-electron chi connectivity index (χ4n) is 5.09. The molecular formula is C31H27N7O2. The molecule has 9 nitrogen and oxygen atoms in total. The molecule has 0 saturated heterocycles. The lowest BCUT2D eigenvalue weighted by Gasteiger charge is -2.21. The number of aryl methyl sites for hydroxylation is 2. The van der Waals surface area contributed by atoms with E-state index in [0.717, 1.165) is 27.9 Å². The van der Waals surface area contributed by atoms with Crippen LogP contribution in [0.25, 0.3) is 33.2 Å². The van der Waals surface area contributed by atoms with E-state index in [-0.39, 0.29) is 16.9 Å². The Hall–Kier alpha value is -5.31. The highest BCUT2D eigenvalue weighted by atomic mass is 16.2. The number of amides is 1. The van der Waals surface area contributed by atoms with E-state index in [2.05, 4.69) is 20.4 Å². The molecule has 6 rings (SSSR count). The Bertz CT molecular complexity index is 1980. The van der Waals surface area contributed by atoms with Crippen molar-refractivity contribution in [3.05, 3.63) is 118 Å². The van der Waals surface area contributed by atoms with Crippen molar-refractivity contribution in [2.24, 2.45) is 0 Å². The average molecular weight is 530 g/mol. The van der Waals surface area contributed by atoms with E-state index in [4.69, 9.17) is 5.73 Å². The first-order valence-corrected chi connectivity index (χ1v) is 12.9. The van der Waals surface area contributed by atoms with Crippen LogP contribution in [-0.2, 0) is 0 Å². The van der Waals surface area contributed by atoms with Crippen molar-refractivity contribution in [3.8, 4) is 16.8 Å². The molecule has 1 amide bonds. The van der Waals surface area contributed by atoms with E-state index < -0.39 is 11.9 Å². The molecule has 0 saturated carbocycles. The van der Waals surface area contributed by atoms with Crippen LogP contribution < -0.4 is 16.6 Å². The van der Waals surface area contributed by atoms with Crippen molar-refractivity contribution in [2.45, 2.75) is 26.8 Å². The summed E-state index contributed by atoms with van der Waals surface area (Å²) in [6.45, 7) is 5.60. The molecule has 2 aromatic carbocycles. The maximum Gasteiger partial charge on any atom is 0.263 e. The first-order valence-electron chi connectivity index (χ1n) is 12.9. The number of nitrogens with one attached hydrogen (secondary N) is 1. The van der Waals surface area contributed by atoms with Crippen LogP contribution in [0, 0.1) is 13.8 Å². The molecule has 0 aliphatic carbocycles. The van der Waals surface area contributed by atoms with Crippen LogP contribution >= 0.6 is 0 Å². The maximum absolute atomic E-state index is 14.3. The van der Waals surface area contributed by atoms with Gasteiger partial charge in [0.2, 0.25) is 0 Å². The second kappa shape index (κ2) is 9.77. The molecule has 4 aromatic heterocycles. The van der Waals surface area contributed by atoms with Gasteiger partial charge >= 0.3 is 0 Å². The number of benzene rings is 2. The summed E-state index contributed by atoms with van der Waals surface area (Å²) in [7, 11) is 0. The lowest BCUT2D eigenvalue weighted by molar-refractivity contribution is 0.0941. The van der Waals surface area contributed by atoms with Crippen molar-refractivity contribution in [3.63, 3.8) is 0 Å². The number of anilines is 1. The predicted octanol–water partition coefficient (Wildman–Crippen LogP) is 4.79. The van der Waals surface area contributed by atoms with E-state index in [1.54, 1.807) is 23.0 Å². The number of hydrogen-bond donors (Lipinski definition) is 2. The summed E-state index contributed by atoms with van der Waals surface area (Å²) < 4.78 is 3.15. The largest absolute Gasteiger partial charge is 0.381 e. The molecule has 0 unspecified atom stereocenters. The molecule has 40 heavy (non-hydrogen) atoms. The van der Waals surface area contributed by atoms with Gasteiger partial charge in [0.15, 0.2) is 11.5 Å². The van der Waals surface area contributed by atoms with E-state index in [1.165, 1.54) is 4.52 Å². The summed E-state index contributed by atoms with van der Waals surface area (Å²) in [4.78, 5) is 36.6. The molecule has 0 bridgehead atoms. The molecular weight excluding hydrogens is 502 g/mol. The van der Waals surface area contributed by atoms with Crippen LogP contribution in [0.3, 0.4) is 0 Å². The standard InChI is InChI=1S/C31H27N7O2/c1-18-13-15-37-29(34-18)27(28(32)36-37)30(39)35-20(3)25-17-22-8-7-11-24(21-12-14-33-19(2)16-21)26(22)31(40)38(25)23-9-5-4-6-10-23/h4-17,20H,1-3H3,(H2,32,36)(H,35,39)/t20-/m0/s1. The number of nitrogens with zero attached hydrogens (tertiary/aromatic N) is 5. The molecule has 3 N–H and O–H groups in total. The average Bonchev–Trinajstić information content (AvgIpc) is 3.27. The summed E-state index contributed by atoms with van der Waals surface area (Å²) in [5, 5.41) is 8.62. The minimum Gasteiger partial charge on any atom is -0.381 e.